The van der Waals surface area contributed by atoms with Gasteiger partial charge in [-0.2, -0.15) is 0 Å². The summed E-state index contributed by atoms with van der Waals surface area (Å²) in [6.45, 7) is 0. The van der Waals surface area contributed by atoms with Gasteiger partial charge in [0.1, 0.15) is 5.52 Å². The van der Waals surface area contributed by atoms with Gasteiger partial charge < -0.3 is 14.8 Å². The SMILES string of the molecule is O=C(O)Cc1ccc2oc(-c3ccc(/C=C/C(=O)Nc4cccc(Cl)c4F)cc3)nc2c1. The first kappa shape index (κ1) is 21.3. The largest absolute Gasteiger partial charge is 0.481 e. The first-order chi connectivity index (χ1) is 15.4. The van der Waals surface area contributed by atoms with Gasteiger partial charge in [-0.15, -0.1) is 0 Å². The number of aliphatic carboxylic acids is 1. The van der Waals surface area contributed by atoms with E-state index in [-0.39, 0.29) is 17.1 Å². The van der Waals surface area contributed by atoms with E-state index in [0.29, 0.717) is 22.6 Å². The van der Waals surface area contributed by atoms with Crippen molar-refractivity contribution in [3.63, 3.8) is 0 Å². The molecule has 0 atom stereocenters. The van der Waals surface area contributed by atoms with Gasteiger partial charge in [0.05, 0.1) is 17.1 Å². The second-order valence-electron chi connectivity index (χ2n) is 6.94. The Morgan fingerprint density at radius 1 is 1.12 bits per heavy atom. The Hall–Kier alpha value is -3.97. The molecule has 3 aromatic carbocycles. The number of fused-ring (bicyclic) bond motifs is 1. The molecule has 0 bridgehead atoms. The monoisotopic (exact) mass is 450 g/mol. The number of carboxylic acids is 1. The molecule has 1 heterocycles. The van der Waals surface area contributed by atoms with Gasteiger partial charge in [0, 0.05) is 11.6 Å². The van der Waals surface area contributed by atoms with E-state index in [4.69, 9.17) is 21.1 Å². The van der Waals surface area contributed by atoms with Crippen LogP contribution in [0.2, 0.25) is 5.02 Å². The van der Waals surface area contributed by atoms with Crippen LogP contribution in [0.4, 0.5) is 10.1 Å². The van der Waals surface area contributed by atoms with Crippen molar-refractivity contribution >= 4 is 46.3 Å². The number of anilines is 1. The molecule has 0 aliphatic carbocycles. The summed E-state index contributed by atoms with van der Waals surface area (Å²) >= 11 is 5.71. The molecule has 0 radical (unpaired) electrons. The number of hydrogen-bond acceptors (Lipinski definition) is 4. The summed E-state index contributed by atoms with van der Waals surface area (Å²) in [6, 6.07) is 16.6. The highest BCUT2D eigenvalue weighted by atomic mass is 35.5. The summed E-state index contributed by atoms with van der Waals surface area (Å²) in [7, 11) is 0. The number of nitrogens with one attached hydrogen (secondary N) is 1. The molecular weight excluding hydrogens is 435 g/mol. The number of rotatable bonds is 6. The molecule has 0 saturated carbocycles. The average Bonchev–Trinajstić information content (AvgIpc) is 3.19. The van der Waals surface area contributed by atoms with Crippen molar-refractivity contribution in [2.24, 2.45) is 0 Å². The molecule has 6 nitrogen and oxygen atoms in total. The van der Waals surface area contributed by atoms with Gasteiger partial charge in [0.2, 0.25) is 11.8 Å². The first-order valence-corrected chi connectivity index (χ1v) is 9.91. The van der Waals surface area contributed by atoms with E-state index in [0.717, 1.165) is 11.1 Å². The fourth-order valence-corrected chi connectivity index (χ4v) is 3.24. The Bertz CT molecular complexity index is 1350. The highest BCUT2D eigenvalue weighted by molar-refractivity contribution is 6.31. The maximum Gasteiger partial charge on any atom is 0.307 e. The van der Waals surface area contributed by atoms with Crippen molar-refractivity contribution < 1.29 is 23.5 Å². The van der Waals surface area contributed by atoms with Crippen LogP contribution in [0.5, 0.6) is 0 Å². The first-order valence-electron chi connectivity index (χ1n) is 9.54. The molecule has 4 aromatic rings. The summed E-state index contributed by atoms with van der Waals surface area (Å²) in [5, 5.41) is 11.3. The summed E-state index contributed by atoms with van der Waals surface area (Å²) in [6.07, 6.45) is 2.79. The normalized spacial score (nSPS) is 11.2. The molecule has 1 aromatic heterocycles. The van der Waals surface area contributed by atoms with Crippen molar-refractivity contribution in [3.05, 3.63) is 88.7 Å². The predicted octanol–water partition coefficient (Wildman–Crippen LogP) is 5.57. The lowest BCUT2D eigenvalue weighted by Gasteiger charge is -2.04. The maximum atomic E-state index is 13.9. The minimum atomic E-state index is -0.914. The summed E-state index contributed by atoms with van der Waals surface area (Å²) in [5.41, 5.74) is 3.25. The number of hydrogen-bond donors (Lipinski definition) is 2. The lowest BCUT2D eigenvalue weighted by atomic mass is 10.1. The Kier molecular flexibility index (Phi) is 6.00. The topological polar surface area (TPSA) is 92.4 Å². The van der Waals surface area contributed by atoms with E-state index < -0.39 is 17.7 Å². The molecule has 0 spiro atoms. The van der Waals surface area contributed by atoms with E-state index in [1.54, 1.807) is 54.6 Å². The molecule has 160 valence electrons. The zero-order valence-electron chi connectivity index (χ0n) is 16.5. The second-order valence-corrected chi connectivity index (χ2v) is 7.34. The molecule has 1 amide bonds. The van der Waals surface area contributed by atoms with Gasteiger partial charge >= 0.3 is 5.97 Å². The van der Waals surface area contributed by atoms with Crippen molar-refractivity contribution in [3.8, 4) is 11.5 Å². The van der Waals surface area contributed by atoms with Crippen molar-refractivity contribution in [1.82, 2.24) is 4.98 Å². The number of carboxylic acid groups (broad SMARTS) is 1. The van der Waals surface area contributed by atoms with Crippen LogP contribution in [0, 0.1) is 5.82 Å². The van der Waals surface area contributed by atoms with Crippen LogP contribution in [-0.2, 0) is 16.0 Å². The summed E-state index contributed by atoms with van der Waals surface area (Å²) < 4.78 is 19.6. The zero-order valence-corrected chi connectivity index (χ0v) is 17.3. The summed E-state index contributed by atoms with van der Waals surface area (Å²) in [4.78, 5) is 27.4. The molecule has 0 unspecified atom stereocenters. The number of carbonyl (C=O) groups excluding carboxylic acids is 1. The van der Waals surface area contributed by atoms with Crippen LogP contribution < -0.4 is 5.32 Å². The number of aromatic nitrogens is 1. The number of carbonyl (C=O) groups is 2. The fourth-order valence-electron chi connectivity index (χ4n) is 3.06. The van der Waals surface area contributed by atoms with Crippen LogP contribution in [0.1, 0.15) is 11.1 Å². The van der Waals surface area contributed by atoms with Crippen molar-refractivity contribution in [1.29, 1.82) is 0 Å². The lowest BCUT2D eigenvalue weighted by Crippen LogP contribution is -2.09. The minimum Gasteiger partial charge on any atom is -0.481 e. The van der Waals surface area contributed by atoms with E-state index in [1.807, 2.05) is 0 Å². The molecule has 0 saturated heterocycles. The smallest absolute Gasteiger partial charge is 0.307 e. The Labute approximate surface area is 187 Å². The second kappa shape index (κ2) is 9.03. The third-order valence-electron chi connectivity index (χ3n) is 4.60. The van der Waals surface area contributed by atoms with Crippen LogP contribution in [0.15, 0.2) is 71.2 Å². The molecule has 0 aliphatic heterocycles. The van der Waals surface area contributed by atoms with Gasteiger partial charge in [0.15, 0.2) is 11.4 Å². The van der Waals surface area contributed by atoms with E-state index >= 15 is 0 Å². The van der Waals surface area contributed by atoms with Gasteiger partial charge in [-0.3, -0.25) is 9.59 Å². The van der Waals surface area contributed by atoms with Gasteiger partial charge in [0.25, 0.3) is 0 Å². The van der Waals surface area contributed by atoms with Gasteiger partial charge in [-0.1, -0.05) is 35.9 Å². The third-order valence-corrected chi connectivity index (χ3v) is 4.89. The Morgan fingerprint density at radius 3 is 2.66 bits per heavy atom. The van der Waals surface area contributed by atoms with Crippen LogP contribution >= 0.6 is 11.6 Å². The minimum absolute atomic E-state index is 0.00460. The molecule has 0 fully saturated rings. The maximum absolute atomic E-state index is 13.9. The molecule has 8 heteroatoms. The average molecular weight is 451 g/mol. The fraction of sp³-hybridized carbons (Fsp3) is 0.0417. The molecule has 32 heavy (non-hydrogen) atoms. The molecule has 4 rings (SSSR count). The number of halogens is 2. The number of nitrogens with zero attached hydrogens (tertiary/aromatic N) is 1. The highest BCUT2D eigenvalue weighted by Gasteiger charge is 2.11. The number of oxazole rings is 1. The quantitative estimate of drug-likeness (QED) is 0.375. The van der Waals surface area contributed by atoms with Crippen LogP contribution in [-0.4, -0.2) is 22.0 Å². The van der Waals surface area contributed by atoms with Crippen LogP contribution in [0.25, 0.3) is 28.6 Å². The Morgan fingerprint density at radius 2 is 1.91 bits per heavy atom. The molecular formula is C24H16ClFN2O4. The third kappa shape index (κ3) is 4.84. The molecule has 0 aliphatic rings. The van der Waals surface area contributed by atoms with E-state index in [1.165, 1.54) is 18.2 Å². The number of amides is 1. The summed E-state index contributed by atoms with van der Waals surface area (Å²) in [5.74, 6) is -1.69. The predicted molar refractivity (Wildman–Crippen MR) is 120 cm³/mol. The van der Waals surface area contributed by atoms with E-state index in [9.17, 15) is 14.0 Å². The van der Waals surface area contributed by atoms with Gasteiger partial charge in [-0.25, -0.2) is 9.37 Å². The lowest BCUT2D eigenvalue weighted by molar-refractivity contribution is -0.136. The van der Waals surface area contributed by atoms with Crippen molar-refractivity contribution in [2.75, 3.05) is 5.32 Å². The standard InChI is InChI=1S/C24H16ClFN2O4/c25-17-2-1-3-18(23(17)26)27-21(29)11-7-14-4-8-16(9-5-14)24-28-19-12-15(13-22(30)31)6-10-20(19)32-24/h1-12H,13H2,(H,27,29)(H,30,31)/b11-7+. The molecule has 2 N–H and O–H groups in total. The van der Waals surface area contributed by atoms with Crippen molar-refractivity contribution in [2.45, 2.75) is 6.42 Å². The van der Waals surface area contributed by atoms with Crippen LogP contribution in [0.3, 0.4) is 0 Å². The number of benzene rings is 3. The van der Waals surface area contributed by atoms with E-state index in [2.05, 4.69) is 10.3 Å². The zero-order chi connectivity index (χ0) is 22.7. The Balaban J connectivity index is 1.46. The van der Waals surface area contributed by atoms with Gasteiger partial charge in [-0.05, 0) is 53.6 Å². The highest BCUT2D eigenvalue weighted by Crippen LogP contribution is 2.26.